The van der Waals surface area contributed by atoms with Crippen molar-refractivity contribution in [3.63, 3.8) is 0 Å². The lowest BCUT2D eigenvalue weighted by Gasteiger charge is -2.19. The Morgan fingerprint density at radius 2 is 2.00 bits per heavy atom. The molecule has 0 aromatic heterocycles. The van der Waals surface area contributed by atoms with Gasteiger partial charge in [-0.05, 0) is 19.1 Å². The van der Waals surface area contributed by atoms with Gasteiger partial charge in [0.05, 0.1) is 20.8 Å². The number of ether oxygens (including phenoxy) is 5. The molecule has 0 saturated heterocycles. The molecule has 95 valence electrons. The van der Waals surface area contributed by atoms with Crippen LogP contribution in [0.15, 0.2) is 12.1 Å². The third-order valence-corrected chi connectivity index (χ3v) is 2.01. The Kier molecular flexibility index (Phi) is 5.59. The zero-order valence-corrected chi connectivity index (χ0v) is 10.5. The van der Waals surface area contributed by atoms with Crippen LogP contribution in [-0.4, -0.2) is 34.4 Å². The SMILES string of the molecule is CCOC(OC)Oc1cc[c]c(OC)c1OC. The van der Waals surface area contributed by atoms with Crippen molar-refractivity contribution in [3.8, 4) is 17.2 Å². The van der Waals surface area contributed by atoms with E-state index in [1.165, 1.54) is 21.3 Å². The Morgan fingerprint density at radius 3 is 2.53 bits per heavy atom. The van der Waals surface area contributed by atoms with E-state index in [-0.39, 0.29) is 0 Å². The molecule has 1 atom stereocenters. The number of rotatable bonds is 7. The van der Waals surface area contributed by atoms with Crippen LogP contribution in [0.5, 0.6) is 17.2 Å². The maximum atomic E-state index is 5.50. The fourth-order valence-electron chi connectivity index (χ4n) is 1.27. The minimum Gasteiger partial charge on any atom is -0.492 e. The number of methoxy groups -OCH3 is 3. The summed E-state index contributed by atoms with van der Waals surface area (Å²) in [5.74, 6) is 1.40. The summed E-state index contributed by atoms with van der Waals surface area (Å²) in [4.78, 5) is 0. The molecule has 0 heterocycles. The first-order chi connectivity index (χ1) is 8.26. The molecule has 0 bridgehead atoms. The van der Waals surface area contributed by atoms with Crippen molar-refractivity contribution in [2.75, 3.05) is 27.9 Å². The minimum atomic E-state index is -0.777. The van der Waals surface area contributed by atoms with Gasteiger partial charge in [-0.15, -0.1) is 0 Å². The second-order valence-corrected chi connectivity index (χ2v) is 3.01. The highest BCUT2D eigenvalue weighted by Crippen LogP contribution is 2.36. The van der Waals surface area contributed by atoms with E-state index in [4.69, 9.17) is 23.7 Å². The molecule has 0 amide bonds. The Morgan fingerprint density at radius 1 is 1.24 bits per heavy atom. The van der Waals surface area contributed by atoms with Crippen molar-refractivity contribution in [2.24, 2.45) is 0 Å². The summed E-state index contributed by atoms with van der Waals surface area (Å²) in [5.41, 5.74) is 0. The predicted octanol–water partition coefficient (Wildman–Crippen LogP) is 1.85. The minimum absolute atomic E-state index is 0.455. The van der Waals surface area contributed by atoms with E-state index in [0.29, 0.717) is 23.9 Å². The normalized spacial score (nSPS) is 12.0. The lowest BCUT2D eigenvalue weighted by molar-refractivity contribution is -0.231. The Hall–Kier alpha value is -1.46. The number of hydrogen-bond acceptors (Lipinski definition) is 5. The molecule has 1 unspecified atom stereocenters. The highest BCUT2D eigenvalue weighted by Gasteiger charge is 2.15. The van der Waals surface area contributed by atoms with Crippen molar-refractivity contribution in [1.29, 1.82) is 0 Å². The molecule has 5 nitrogen and oxygen atoms in total. The Balaban J connectivity index is 2.88. The van der Waals surface area contributed by atoms with Crippen molar-refractivity contribution in [3.05, 3.63) is 18.2 Å². The molecule has 0 saturated carbocycles. The summed E-state index contributed by atoms with van der Waals surface area (Å²) in [6.45, 7) is 1.56. The monoisotopic (exact) mass is 241 g/mol. The smallest absolute Gasteiger partial charge is 0.315 e. The maximum Gasteiger partial charge on any atom is 0.315 e. The molecule has 5 heteroatoms. The Bertz CT molecular complexity index is 340. The molecule has 0 fully saturated rings. The van der Waals surface area contributed by atoms with Crippen molar-refractivity contribution in [2.45, 2.75) is 13.4 Å². The van der Waals surface area contributed by atoms with Crippen LogP contribution in [0.2, 0.25) is 0 Å². The summed E-state index contributed by atoms with van der Waals surface area (Å²) in [5, 5.41) is 0. The topological polar surface area (TPSA) is 46.2 Å². The lowest BCUT2D eigenvalue weighted by Crippen LogP contribution is -2.22. The molecular weight excluding hydrogens is 224 g/mol. The van der Waals surface area contributed by atoms with E-state index in [1.807, 2.05) is 6.92 Å². The first-order valence-corrected chi connectivity index (χ1v) is 5.20. The first kappa shape index (κ1) is 13.6. The summed E-state index contributed by atoms with van der Waals surface area (Å²) in [6.07, 6.45) is 0. The van der Waals surface area contributed by atoms with Crippen molar-refractivity contribution < 1.29 is 23.7 Å². The molecule has 0 N–H and O–H groups in total. The zero-order chi connectivity index (χ0) is 12.7. The van der Waals surface area contributed by atoms with Gasteiger partial charge in [0.15, 0.2) is 11.5 Å². The van der Waals surface area contributed by atoms with Gasteiger partial charge >= 0.3 is 6.48 Å². The van der Waals surface area contributed by atoms with Gasteiger partial charge in [-0.3, -0.25) is 0 Å². The van der Waals surface area contributed by atoms with Crippen molar-refractivity contribution >= 4 is 0 Å². The zero-order valence-electron chi connectivity index (χ0n) is 10.5. The molecule has 1 rings (SSSR count). The largest absolute Gasteiger partial charge is 0.492 e. The van der Waals surface area contributed by atoms with Gasteiger partial charge in [-0.1, -0.05) is 0 Å². The third kappa shape index (κ3) is 3.51. The summed E-state index contributed by atoms with van der Waals surface area (Å²) >= 11 is 0. The van der Waals surface area contributed by atoms with Gasteiger partial charge in [0.1, 0.15) is 0 Å². The quantitative estimate of drug-likeness (QED) is 0.682. The van der Waals surface area contributed by atoms with Crippen LogP contribution in [0.3, 0.4) is 0 Å². The van der Waals surface area contributed by atoms with Crippen LogP contribution in [0.1, 0.15) is 6.92 Å². The standard InChI is InChI=1S/C12H17O5/c1-5-16-12(15-4)17-10-8-6-7-9(13-2)11(10)14-3/h6,8,12H,5H2,1-4H3. The first-order valence-electron chi connectivity index (χ1n) is 5.20. The third-order valence-electron chi connectivity index (χ3n) is 2.01. The van der Waals surface area contributed by atoms with Crippen LogP contribution in [0, 0.1) is 6.07 Å². The Labute approximate surface area is 101 Å². The average Bonchev–Trinajstić information content (AvgIpc) is 2.37. The number of benzene rings is 1. The molecule has 0 aliphatic heterocycles. The van der Waals surface area contributed by atoms with Crippen LogP contribution < -0.4 is 14.2 Å². The molecule has 1 radical (unpaired) electrons. The maximum absolute atomic E-state index is 5.50. The van der Waals surface area contributed by atoms with E-state index < -0.39 is 6.48 Å². The highest BCUT2D eigenvalue weighted by atomic mass is 16.8. The summed E-state index contributed by atoms with van der Waals surface area (Å²) < 4.78 is 26.0. The van der Waals surface area contributed by atoms with Gasteiger partial charge in [-0.2, -0.15) is 0 Å². The molecule has 0 aliphatic carbocycles. The molecule has 0 spiro atoms. The van der Waals surface area contributed by atoms with Crippen LogP contribution in [0.4, 0.5) is 0 Å². The average molecular weight is 241 g/mol. The van der Waals surface area contributed by atoms with Gasteiger partial charge in [0.25, 0.3) is 0 Å². The molecule has 17 heavy (non-hydrogen) atoms. The molecular formula is C12H17O5. The van der Waals surface area contributed by atoms with Crippen LogP contribution >= 0.6 is 0 Å². The predicted molar refractivity (Wildman–Crippen MR) is 61.4 cm³/mol. The van der Waals surface area contributed by atoms with Crippen LogP contribution in [-0.2, 0) is 9.47 Å². The van der Waals surface area contributed by atoms with Gasteiger partial charge < -0.3 is 23.7 Å². The lowest BCUT2D eigenvalue weighted by atomic mass is 10.3. The van der Waals surface area contributed by atoms with E-state index in [2.05, 4.69) is 6.07 Å². The fraction of sp³-hybridized carbons (Fsp3) is 0.500. The second kappa shape index (κ2) is 6.98. The second-order valence-electron chi connectivity index (χ2n) is 3.01. The fourth-order valence-corrected chi connectivity index (χ4v) is 1.27. The van der Waals surface area contributed by atoms with Gasteiger partial charge in [-0.25, -0.2) is 0 Å². The van der Waals surface area contributed by atoms with E-state index in [9.17, 15) is 0 Å². The summed E-state index contributed by atoms with van der Waals surface area (Å²) in [6, 6.07) is 6.27. The molecule has 1 aromatic rings. The van der Waals surface area contributed by atoms with Crippen LogP contribution in [0.25, 0.3) is 0 Å². The highest BCUT2D eigenvalue weighted by molar-refractivity contribution is 5.50. The van der Waals surface area contributed by atoms with Crippen molar-refractivity contribution in [1.82, 2.24) is 0 Å². The summed E-state index contributed by atoms with van der Waals surface area (Å²) in [7, 11) is 4.56. The number of hydrogen-bond donors (Lipinski definition) is 0. The van der Waals surface area contributed by atoms with E-state index >= 15 is 0 Å². The van der Waals surface area contributed by atoms with E-state index in [1.54, 1.807) is 12.1 Å². The van der Waals surface area contributed by atoms with Gasteiger partial charge in [0, 0.05) is 13.2 Å². The van der Waals surface area contributed by atoms with Gasteiger partial charge in [0.2, 0.25) is 5.75 Å². The molecule has 1 aromatic carbocycles. The van der Waals surface area contributed by atoms with E-state index in [0.717, 1.165) is 0 Å². The molecule has 0 aliphatic rings.